The van der Waals surface area contributed by atoms with Crippen molar-refractivity contribution >= 4 is 12.1 Å². The Morgan fingerprint density at radius 2 is 1.95 bits per heavy atom. The van der Waals surface area contributed by atoms with E-state index in [0.29, 0.717) is 32.6 Å². The van der Waals surface area contributed by atoms with Crippen LogP contribution in [0.25, 0.3) is 0 Å². The molecule has 0 saturated carbocycles. The van der Waals surface area contributed by atoms with Crippen LogP contribution in [-0.2, 0) is 14.3 Å². The quantitative estimate of drug-likeness (QED) is 0.816. The van der Waals surface area contributed by atoms with E-state index in [4.69, 9.17) is 9.47 Å². The largest absolute Gasteiger partial charge is 0.481 e. The van der Waals surface area contributed by atoms with Crippen LogP contribution >= 0.6 is 0 Å². The van der Waals surface area contributed by atoms with Gasteiger partial charge in [-0.3, -0.25) is 4.79 Å². The Hall–Kier alpha value is -1.30. The van der Waals surface area contributed by atoms with Gasteiger partial charge in [0.25, 0.3) is 0 Å². The number of carbonyl (C=O) groups is 2. The second kappa shape index (κ2) is 6.75. The number of aliphatic carboxylic acids is 1. The number of carbonyl (C=O) groups excluding carboxylic acids is 1. The van der Waals surface area contributed by atoms with Crippen LogP contribution in [0.2, 0.25) is 0 Å². The summed E-state index contributed by atoms with van der Waals surface area (Å²) in [5, 5.41) is 11.8. The molecule has 6 nitrogen and oxygen atoms in total. The zero-order chi connectivity index (χ0) is 14.5. The lowest BCUT2D eigenvalue weighted by atomic mass is 9.88. The predicted molar refractivity (Wildman–Crippen MR) is 68.9 cm³/mol. The van der Waals surface area contributed by atoms with E-state index in [2.05, 4.69) is 5.32 Å². The molecule has 0 aromatic heterocycles. The highest BCUT2D eigenvalue weighted by molar-refractivity contribution is 5.71. The summed E-state index contributed by atoms with van der Waals surface area (Å²) in [4.78, 5) is 22.7. The third kappa shape index (κ3) is 5.92. The lowest BCUT2D eigenvalue weighted by Gasteiger charge is -2.23. The van der Waals surface area contributed by atoms with Crippen LogP contribution < -0.4 is 5.32 Å². The average molecular weight is 273 g/mol. The standard InChI is InChI=1S/C13H23NO5/c1-13(2,3)19-12(17)14-8-9-4-6-18-7-5-10(9)11(15)16/h9-10H,4-8H2,1-3H3,(H,14,17)(H,15,16)/t9-,10+/m0/s1. The molecule has 1 amide bonds. The number of alkyl carbamates (subject to hydrolysis) is 1. The van der Waals surface area contributed by atoms with Crippen LogP contribution in [0.3, 0.4) is 0 Å². The second-order valence-electron chi connectivity index (χ2n) is 5.78. The summed E-state index contributed by atoms with van der Waals surface area (Å²) in [6.45, 7) is 6.64. The molecule has 0 aromatic carbocycles. The summed E-state index contributed by atoms with van der Waals surface area (Å²) in [6, 6.07) is 0. The molecular weight excluding hydrogens is 250 g/mol. The minimum atomic E-state index is -0.832. The lowest BCUT2D eigenvalue weighted by molar-refractivity contribution is -0.143. The minimum Gasteiger partial charge on any atom is -0.481 e. The first kappa shape index (κ1) is 15.8. The Balaban J connectivity index is 2.48. The molecule has 0 radical (unpaired) electrons. The maximum absolute atomic E-state index is 11.6. The van der Waals surface area contributed by atoms with Crippen molar-refractivity contribution in [1.29, 1.82) is 0 Å². The zero-order valence-corrected chi connectivity index (χ0v) is 11.8. The molecule has 0 aliphatic carbocycles. The molecule has 1 heterocycles. The fourth-order valence-electron chi connectivity index (χ4n) is 2.08. The summed E-state index contributed by atoms with van der Waals surface area (Å²) in [5.41, 5.74) is -0.553. The Labute approximate surface area is 113 Å². The first-order valence-electron chi connectivity index (χ1n) is 6.57. The van der Waals surface area contributed by atoms with Gasteiger partial charge >= 0.3 is 12.1 Å². The summed E-state index contributed by atoms with van der Waals surface area (Å²) in [5.74, 6) is -1.42. The molecule has 0 aromatic rings. The minimum absolute atomic E-state index is 0.118. The molecule has 19 heavy (non-hydrogen) atoms. The normalized spacial score (nSPS) is 24.4. The van der Waals surface area contributed by atoms with E-state index < -0.39 is 23.6 Å². The fraction of sp³-hybridized carbons (Fsp3) is 0.846. The van der Waals surface area contributed by atoms with Crippen molar-refractivity contribution in [3.63, 3.8) is 0 Å². The summed E-state index contributed by atoms with van der Waals surface area (Å²) in [6.07, 6.45) is 0.602. The van der Waals surface area contributed by atoms with Crippen LogP contribution in [0, 0.1) is 11.8 Å². The van der Waals surface area contributed by atoms with E-state index in [0.717, 1.165) is 0 Å². The number of carboxylic acid groups (broad SMARTS) is 1. The van der Waals surface area contributed by atoms with Gasteiger partial charge in [0.1, 0.15) is 5.60 Å². The predicted octanol–water partition coefficient (Wildman–Crippen LogP) is 1.64. The number of ether oxygens (including phenoxy) is 2. The molecule has 110 valence electrons. The van der Waals surface area contributed by atoms with E-state index in [1.54, 1.807) is 20.8 Å². The molecule has 2 atom stereocenters. The van der Waals surface area contributed by atoms with Crippen molar-refractivity contribution in [2.75, 3.05) is 19.8 Å². The first-order chi connectivity index (χ1) is 8.79. The van der Waals surface area contributed by atoms with Crippen LogP contribution in [0.5, 0.6) is 0 Å². The highest BCUT2D eigenvalue weighted by Gasteiger charge is 2.30. The molecule has 1 fully saturated rings. The van der Waals surface area contributed by atoms with Crippen LogP contribution in [-0.4, -0.2) is 42.5 Å². The van der Waals surface area contributed by atoms with Gasteiger partial charge in [-0.15, -0.1) is 0 Å². The van der Waals surface area contributed by atoms with Gasteiger partial charge in [0.05, 0.1) is 5.92 Å². The second-order valence-corrected chi connectivity index (χ2v) is 5.78. The van der Waals surface area contributed by atoms with Crippen molar-refractivity contribution in [2.45, 2.75) is 39.2 Å². The third-order valence-electron chi connectivity index (χ3n) is 3.00. The summed E-state index contributed by atoms with van der Waals surface area (Å²) in [7, 11) is 0. The summed E-state index contributed by atoms with van der Waals surface area (Å²) < 4.78 is 10.4. The Bertz CT molecular complexity index is 323. The number of hydrogen-bond acceptors (Lipinski definition) is 4. The molecule has 1 aliphatic rings. The fourth-order valence-corrected chi connectivity index (χ4v) is 2.08. The SMILES string of the molecule is CC(C)(C)OC(=O)NC[C@@H]1CCOCC[C@H]1C(=O)O. The molecule has 0 spiro atoms. The number of rotatable bonds is 3. The molecular formula is C13H23NO5. The smallest absolute Gasteiger partial charge is 0.407 e. The highest BCUT2D eigenvalue weighted by atomic mass is 16.6. The number of carboxylic acids is 1. The average Bonchev–Trinajstić information content (AvgIpc) is 2.48. The maximum atomic E-state index is 11.6. The van der Waals surface area contributed by atoms with E-state index in [1.807, 2.05) is 0 Å². The molecule has 1 aliphatic heterocycles. The molecule has 0 unspecified atom stereocenters. The Morgan fingerprint density at radius 1 is 1.32 bits per heavy atom. The van der Waals surface area contributed by atoms with E-state index in [-0.39, 0.29) is 5.92 Å². The highest BCUT2D eigenvalue weighted by Crippen LogP contribution is 2.23. The van der Waals surface area contributed by atoms with E-state index in [9.17, 15) is 14.7 Å². The van der Waals surface area contributed by atoms with Crippen molar-refractivity contribution in [3.8, 4) is 0 Å². The van der Waals surface area contributed by atoms with Gasteiger partial charge < -0.3 is 19.9 Å². The van der Waals surface area contributed by atoms with E-state index >= 15 is 0 Å². The van der Waals surface area contributed by atoms with Gasteiger partial charge in [-0.25, -0.2) is 4.79 Å². The van der Waals surface area contributed by atoms with Gasteiger partial charge in [0.2, 0.25) is 0 Å². The van der Waals surface area contributed by atoms with Crippen LogP contribution in [0.1, 0.15) is 33.6 Å². The van der Waals surface area contributed by atoms with Crippen molar-refractivity contribution < 1.29 is 24.2 Å². The van der Waals surface area contributed by atoms with Gasteiger partial charge in [0.15, 0.2) is 0 Å². The molecule has 2 N–H and O–H groups in total. The number of nitrogens with one attached hydrogen (secondary N) is 1. The molecule has 0 bridgehead atoms. The number of amides is 1. The van der Waals surface area contributed by atoms with Crippen molar-refractivity contribution in [3.05, 3.63) is 0 Å². The Kier molecular flexibility index (Phi) is 5.60. The van der Waals surface area contributed by atoms with Crippen LogP contribution in [0.4, 0.5) is 4.79 Å². The van der Waals surface area contributed by atoms with Gasteiger partial charge in [-0.2, -0.15) is 0 Å². The molecule has 1 saturated heterocycles. The Morgan fingerprint density at radius 3 is 2.53 bits per heavy atom. The summed E-state index contributed by atoms with van der Waals surface area (Å²) >= 11 is 0. The van der Waals surface area contributed by atoms with Crippen molar-refractivity contribution in [1.82, 2.24) is 5.32 Å². The van der Waals surface area contributed by atoms with Crippen LogP contribution in [0.15, 0.2) is 0 Å². The topological polar surface area (TPSA) is 84.9 Å². The van der Waals surface area contributed by atoms with Gasteiger partial charge in [-0.1, -0.05) is 0 Å². The molecule has 6 heteroatoms. The zero-order valence-electron chi connectivity index (χ0n) is 11.8. The molecule has 1 rings (SSSR count). The monoisotopic (exact) mass is 273 g/mol. The van der Waals surface area contributed by atoms with E-state index in [1.165, 1.54) is 0 Å². The third-order valence-corrected chi connectivity index (χ3v) is 3.00. The number of hydrogen-bond donors (Lipinski definition) is 2. The first-order valence-corrected chi connectivity index (χ1v) is 6.57. The maximum Gasteiger partial charge on any atom is 0.407 e. The van der Waals surface area contributed by atoms with Gasteiger partial charge in [0, 0.05) is 19.8 Å². The van der Waals surface area contributed by atoms with Gasteiger partial charge in [-0.05, 0) is 39.5 Å². The lowest BCUT2D eigenvalue weighted by Crippen LogP contribution is -2.38. The van der Waals surface area contributed by atoms with Crippen molar-refractivity contribution in [2.24, 2.45) is 11.8 Å².